The minimum atomic E-state index is 0.711. The first-order chi connectivity index (χ1) is 3.31. The lowest BCUT2D eigenvalue weighted by Crippen LogP contribution is -2.66. The van der Waals surface area contributed by atoms with Crippen molar-refractivity contribution in [2.24, 2.45) is 16.2 Å². The molecule has 0 rings (SSSR count). The smallest absolute Gasteiger partial charge is 0.284 e. The van der Waals surface area contributed by atoms with E-state index in [9.17, 15) is 0 Å². The third-order valence-electron chi connectivity index (χ3n) is 0.570. The second kappa shape index (κ2) is 3.27. The van der Waals surface area contributed by atoms with E-state index >= 15 is 0 Å². The first kappa shape index (κ1) is 6.07. The van der Waals surface area contributed by atoms with Gasteiger partial charge >= 0.3 is 5.84 Å². The maximum Gasteiger partial charge on any atom is 0.318 e. The molecule has 0 bridgehead atoms. The molecule has 0 fully saturated rings. The summed E-state index contributed by atoms with van der Waals surface area (Å²) in [6.07, 6.45) is 0. The fraction of sp³-hybridized carbons (Fsp3) is 0.667. The van der Waals surface area contributed by atoms with Crippen LogP contribution < -0.4 is 10.8 Å². The second-order valence-corrected chi connectivity index (χ2v) is 1.05. The molecule has 0 saturated heterocycles. The molecule has 7 heavy (non-hydrogen) atoms. The van der Waals surface area contributed by atoms with Crippen molar-refractivity contribution in [1.82, 2.24) is 0 Å². The average molecular weight is 101 g/mol. The normalized spacial score (nSPS) is 13.1. The SMILES string of the molecule is C[NH+]=C(C)N=NN. The van der Waals surface area contributed by atoms with Crippen LogP contribution in [0.5, 0.6) is 0 Å². The lowest BCUT2D eigenvalue weighted by Gasteiger charge is -1.67. The van der Waals surface area contributed by atoms with Crippen LogP contribution in [0.2, 0.25) is 0 Å². The summed E-state index contributed by atoms with van der Waals surface area (Å²) in [6, 6.07) is 0. The van der Waals surface area contributed by atoms with E-state index in [0.717, 1.165) is 0 Å². The van der Waals surface area contributed by atoms with Crippen molar-refractivity contribution in [2.45, 2.75) is 6.92 Å². The van der Waals surface area contributed by atoms with Gasteiger partial charge in [0, 0.05) is 12.1 Å². The van der Waals surface area contributed by atoms with Crippen molar-refractivity contribution < 1.29 is 4.99 Å². The molecule has 0 heterocycles. The largest absolute Gasteiger partial charge is 0.318 e. The van der Waals surface area contributed by atoms with Crippen molar-refractivity contribution in [1.29, 1.82) is 0 Å². The maximum absolute atomic E-state index is 4.70. The lowest BCUT2D eigenvalue weighted by atomic mass is 10.7. The van der Waals surface area contributed by atoms with Gasteiger partial charge in [0.25, 0.3) is 0 Å². The highest BCUT2D eigenvalue weighted by atomic mass is 15.3. The monoisotopic (exact) mass is 101 g/mol. The van der Waals surface area contributed by atoms with E-state index in [4.69, 9.17) is 5.84 Å². The molecule has 0 amide bonds. The van der Waals surface area contributed by atoms with Gasteiger partial charge in [-0.05, 0) is 0 Å². The fourth-order valence-corrected chi connectivity index (χ4v) is 0.137. The summed E-state index contributed by atoms with van der Waals surface area (Å²) in [6.45, 7) is 1.77. The van der Waals surface area contributed by atoms with E-state index in [-0.39, 0.29) is 0 Å². The van der Waals surface area contributed by atoms with Gasteiger partial charge in [-0.3, -0.25) is 10.8 Å². The van der Waals surface area contributed by atoms with Gasteiger partial charge in [-0.15, -0.1) is 0 Å². The number of amidine groups is 1. The van der Waals surface area contributed by atoms with Crippen molar-refractivity contribution in [2.75, 3.05) is 7.05 Å². The predicted molar refractivity (Wildman–Crippen MR) is 26.6 cm³/mol. The highest BCUT2D eigenvalue weighted by molar-refractivity contribution is 5.73. The second-order valence-electron chi connectivity index (χ2n) is 1.05. The molecule has 0 unspecified atom stereocenters. The van der Waals surface area contributed by atoms with Crippen molar-refractivity contribution in [3.8, 4) is 0 Å². The summed E-state index contributed by atoms with van der Waals surface area (Å²) in [5.41, 5.74) is 0. The molecule has 0 atom stereocenters. The molecule has 0 aliphatic rings. The molecule has 4 nitrogen and oxygen atoms in total. The van der Waals surface area contributed by atoms with Gasteiger partial charge in [-0.2, -0.15) is 0 Å². The standard InChI is InChI=1S/C3H8N4/c1-3(5-2)6-7-4/h1-2H3,(H2,4,5,6)/p+1. The van der Waals surface area contributed by atoms with E-state index in [1.54, 1.807) is 14.0 Å². The average Bonchev–Trinajstić information content (AvgIpc) is 1.68. The molecule has 4 heteroatoms. The number of hydrogen-bond acceptors (Lipinski definition) is 1. The molecule has 3 N–H and O–H groups in total. The Labute approximate surface area is 42.1 Å². The van der Waals surface area contributed by atoms with E-state index in [1.165, 1.54) is 0 Å². The van der Waals surface area contributed by atoms with Crippen LogP contribution in [0.4, 0.5) is 0 Å². The molecular weight excluding hydrogens is 92.1 g/mol. The van der Waals surface area contributed by atoms with Gasteiger partial charge in [-0.25, -0.2) is 0 Å². The van der Waals surface area contributed by atoms with Crippen LogP contribution in [0.1, 0.15) is 6.92 Å². The van der Waals surface area contributed by atoms with Gasteiger partial charge in [0.15, 0.2) is 0 Å². The van der Waals surface area contributed by atoms with Crippen molar-refractivity contribution in [3.63, 3.8) is 0 Å². The molecule has 40 valence electrons. The first-order valence-electron chi connectivity index (χ1n) is 1.93. The Bertz CT molecular complexity index is 93.1. The summed E-state index contributed by atoms with van der Waals surface area (Å²) >= 11 is 0. The Morgan fingerprint density at radius 2 is 2.29 bits per heavy atom. The van der Waals surface area contributed by atoms with E-state index in [2.05, 4.69) is 15.3 Å². The Morgan fingerprint density at radius 3 is 2.43 bits per heavy atom. The van der Waals surface area contributed by atoms with Crippen LogP contribution in [0.3, 0.4) is 0 Å². The fourth-order valence-electron chi connectivity index (χ4n) is 0.137. The van der Waals surface area contributed by atoms with Crippen LogP contribution in [0, 0.1) is 0 Å². The maximum atomic E-state index is 4.70. The van der Waals surface area contributed by atoms with Crippen molar-refractivity contribution in [3.05, 3.63) is 0 Å². The Hall–Kier alpha value is -0.930. The highest BCUT2D eigenvalue weighted by Crippen LogP contribution is 1.62. The minimum Gasteiger partial charge on any atom is -0.284 e. The van der Waals surface area contributed by atoms with Crippen LogP contribution in [-0.2, 0) is 0 Å². The number of nitrogens with zero attached hydrogens (tertiary/aromatic N) is 2. The molecule has 0 aromatic carbocycles. The Kier molecular flexibility index (Phi) is 2.83. The summed E-state index contributed by atoms with van der Waals surface area (Å²) < 4.78 is 0. The van der Waals surface area contributed by atoms with E-state index < -0.39 is 0 Å². The molecule has 0 radical (unpaired) electrons. The molecule has 0 aliphatic carbocycles. The molecule has 0 aromatic heterocycles. The summed E-state index contributed by atoms with van der Waals surface area (Å²) in [5, 5.41) is 6.48. The predicted octanol–water partition coefficient (Wildman–Crippen LogP) is -1.56. The summed E-state index contributed by atoms with van der Waals surface area (Å²) in [5.74, 6) is 5.41. The molecular formula is C3H9N4+. The third-order valence-corrected chi connectivity index (χ3v) is 0.570. The topological polar surface area (TPSA) is 64.7 Å². The number of nitrogens with one attached hydrogen (secondary N) is 1. The van der Waals surface area contributed by atoms with Crippen LogP contribution in [0.15, 0.2) is 10.3 Å². The quantitative estimate of drug-likeness (QED) is 0.125. The minimum absolute atomic E-state index is 0.711. The van der Waals surface area contributed by atoms with E-state index in [1.807, 2.05) is 0 Å². The van der Waals surface area contributed by atoms with E-state index in [0.29, 0.717) is 5.84 Å². The first-order valence-corrected chi connectivity index (χ1v) is 1.93. The van der Waals surface area contributed by atoms with Crippen LogP contribution >= 0.6 is 0 Å². The zero-order valence-corrected chi connectivity index (χ0v) is 4.47. The zero-order chi connectivity index (χ0) is 5.70. The van der Waals surface area contributed by atoms with Gasteiger partial charge in [0.2, 0.25) is 0 Å². The highest BCUT2D eigenvalue weighted by Gasteiger charge is 1.88. The Balaban J connectivity index is 3.58. The third kappa shape index (κ3) is 2.88. The summed E-state index contributed by atoms with van der Waals surface area (Å²) in [7, 11) is 1.75. The molecule has 0 saturated carbocycles. The Morgan fingerprint density at radius 1 is 1.71 bits per heavy atom. The number of hydrogen-bond donors (Lipinski definition) is 2. The van der Waals surface area contributed by atoms with Gasteiger partial charge in [-0.1, -0.05) is 0 Å². The summed E-state index contributed by atoms with van der Waals surface area (Å²) in [4.78, 5) is 2.74. The molecule has 0 aromatic rings. The van der Waals surface area contributed by atoms with Crippen LogP contribution in [-0.4, -0.2) is 12.9 Å². The zero-order valence-electron chi connectivity index (χ0n) is 4.47. The van der Waals surface area contributed by atoms with Crippen LogP contribution in [0.25, 0.3) is 0 Å². The van der Waals surface area contributed by atoms with Gasteiger partial charge in [0.05, 0.1) is 12.2 Å². The molecule has 0 spiro atoms. The lowest BCUT2D eigenvalue weighted by molar-refractivity contribution is -0.421. The number of rotatable bonds is 0. The van der Waals surface area contributed by atoms with Gasteiger partial charge in [0.1, 0.15) is 0 Å². The molecule has 0 aliphatic heterocycles. The number of nitrogens with two attached hydrogens (primary N) is 1. The van der Waals surface area contributed by atoms with Crippen molar-refractivity contribution >= 4 is 5.84 Å². The van der Waals surface area contributed by atoms with Gasteiger partial charge < -0.3 is 0 Å².